The number of hydrogen-bond donors (Lipinski definition) is 0. The van der Waals surface area contributed by atoms with E-state index in [0.717, 1.165) is 6.42 Å². The van der Waals surface area contributed by atoms with Gasteiger partial charge in [0.15, 0.2) is 0 Å². The third-order valence-corrected chi connectivity index (χ3v) is 3.22. The Morgan fingerprint density at radius 3 is 2.19 bits per heavy atom. The summed E-state index contributed by atoms with van der Waals surface area (Å²) in [5, 5.41) is 0. The van der Waals surface area contributed by atoms with Crippen molar-refractivity contribution >= 4 is 11.8 Å². The van der Waals surface area contributed by atoms with Gasteiger partial charge < -0.3 is 4.74 Å². The first-order chi connectivity index (χ1) is 9.51. The number of carbonyl (C=O) groups is 2. The molecule has 0 aromatic heterocycles. The fourth-order valence-corrected chi connectivity index (χ4v) is 2.16. The van der Waals surface area contributed by atoms with Crippen LogP contribution in [0.4, 0.5) is 26.3 Å². The third kappa shape index (κ3) is 5.55. The number of Topliss-reactive ketones (excluding diaryl/α,β-unsaturated/α-hetero) is 1. The molecular formula is C12H14F6O3. The second-order valence-electron chi connectivity index (χ2n) is 4.90. The van der Waals surface area contributed by atoms with Crippen LogP contribution in [0.5, 0.6) is 0 Å². The molecule has 122 valence electrons. The van der Waals surface area contributed by atoms with E-state index in [1.165, 1.54) is 0 Å². The molecule has 0 amide bonds. The highest BCUT2D eigenvalue weighted by Gasteiger charge is 2.59. The molecule has 9 heteroatoms. The molecule has 0 radical (unpaired) electrons. The Hall–Kier alpha value is -1.28. The summed E-state index contributed by atoms with van der Waals surface area (Å²) in [5.74, 6) is -2.20. The van der Waals surface area contributed by atoms with E-state index in [9.17, 15) is 35.9 Å². The van der Waals surface area contributed by atoms with E-state index in [1.54, 1.807) is 0 Å². The molecule has 1 atom stereocenters. The molecule has 0 aromatic rings. The molecule has 1 aliphatic carbocycles. The minimum absolute atomic E-state index is 0.0832. The zero-order valence-corrected chi connectivity index (χ0v) is 10.9. The summed E-state index contributed by atoms with van der Waals surface area (Å²) in [5.41, 5.74) is 0. The van der Waals surface area contributed by atoms with Gasteiger partial charge >= 0.3 is 18.3 Å². The summed E-state index contributed by atoms with van der Waals surface area (Å²) in [6, 6.07) is 0. The lowest BCUT2D eigenvalue weighted by Crippen LogP contribution is -2.45. The van der Waals surface area contributed by atoms with Crippen molar-refractivity contribution in [1.82, 2.24) is 0 Å². The largest absolute Gasteiger partial charge is 0.443 e. The summed E-state index contributed by atoms with van der Waals surface area (Å²) < 4.78 is 76.6. The zero-order chi connectivity index (χ0) is 16.3. The van der Waals surface area contributed by atoms with E-state index < -0.39 is 36.8 Å². The van der Waals surface area contributed by atoms with Gasteiger partial charge in [0.05, 0.1) is 0 Å². The summed E-state index contributed by atoms with van der Waals surface area (Å²) >= 11 is 0. The highest BCUT2D eigenvalue weighted by atomic mass is 19.4. The third-order valence-electron chi connectivity index (χ3n) is 3.22. The Kier molecular flexibility index (Phi) is 5.63. The van der Waals surface area contributed by atoms with Gasteiger partial charge in [-0.2, -0.15) is 26.3 Å². The molecule has 0 heterocycles. The topological polar surface area (TPSA) is 43.4 Å². The highest BCUT2D eigenvalue weighted by Crippen LogP contribution is 2.36. The highest BCUT2D eigenvalue weighted by molar-refractivity contribution is 5.82. The second-order valence-corrected chi connectivity index (χ2v) is 4.90. The summed E-state index contributed by atoms with van der Waals surface area (Å²) in [7, 11) is 0. The van der Waals surface area contributed by atoms with Crippen LogP contribution in [0, 0.1) is 5.92 Å². The molecule has 1 rings (SSSR count). The van der Waals surface area contributed by atoms with Crippen LogP contribution < -0.4 is 0 Å². The molecular weight excluding hydrogens is 306 g/mol. The number of hydrogen-bond acceptors (Lipinski definition) is 3. The van der Waals surface area contributed by atoms with E-state index >= 15 is 0 Å². The molecule has 1 unspecified atom stereocenters. The maximum Gasteiger partial charge on any atom is 0.434 e. The first-order valence-corrected chi connectivity index (χ1v) is 6.37. The molecule has 21 heavy (non-hydrogen) atoms. The van der Waals surface area contributed by atoms with Gasteiger partial charge in [0.2, 0.25) is 0 Å². The van der Waals surface area contributed by atoms with Crippen LogP contribution in [-0.2, 0) is 14.3 Å². The molecule has 1 saturated carbocycles. The molecule has 3 nitrogen and oxygen atoms in total. The number of esters is 1. The van der Waals surface area contributed by atoms with Crippen LogP contribution >= 0.6 is 0 Å². The average molecular weight is 320 g/mol. The van der Waals surface area contributed by atoms with Crippen molar-refractivity contribution in [2.45, 2.75) is 57.0 Å². The molecule has 0 bridgehead atoms. The normalized spacial score (nSPS) is 20.7. The Morgan fingerprint density at radius 1 is 1.14 bits per heavy atom. The van der Waals surface area contributed by atoms with Gasteiger partial charge in [-0.25, -0.2) is 0 Å². The van der Waals surface area contributed by atoms with Gasteiger partial charge in [-0.15, -0.1) is 0 Å². The fraction of sp³-hybridized carbons (Fsp3) is 0.833. The van der Waals surface area contributed by atoms with Crippen molar-refractivity contribution in [3.8, 4) is 0 Å². The zero-order valence-electron chi connectivity index (χ0n) is 10.9. The van der Waals surface area contributed by atoms with Gasteiger partial charge in [0.25, 0.3) is 6.10 Å². The smallest absolute Gasteiger partial charge is 0.434 e. The van der Waals surface area contributed by atoms with Crippen LogP contribution in [0.2, 0.25) is 0 Å². The minimum Gasteiger partial charge on any atom is -0.443 e. The van der Waals surface area contributed by atoms with Crippen LogP contribution in [0.3, 0.4) is 0 Å². The monoisotopic (exact) mass is 320 g/mol. The SMILES string of the molecule is O=C(CCC1CCCCC1=O)OC(C(F)(F)F)C(F)(F)F. The molecule has 1 aliphatic rings. The van der Waals surface area contributed by atoms with E-state index in [2.05, 4.69) is 4.74 Å². The lowest BCUT2D eigenvalue weighted by molar-refractivity contribution is -0.313. The number of halogens is 6. The lowest BCUT2D eigenvalue weighted by atomic mass is 9.85. The van der Waals surface area contributed by atoms with Gasteiger partial charge in [0.1, 0.15) is 5.78 Å². The summed E-state index contributed by atoms with van der Waals surface area (Å²) in [6.07, 6.45) is -14.0. The van der Waals surface area contributed by atoms with Crippen molar-refractivity contribution in [2.75, 3.05) is 0 Å². The van der Waals surface area contributed by atoms with Gasteiger partial charge in [-0.3, -0.25) is 9.59 Å². The van der Waals surface area contributed by atoms with E-state index in [0.29, 0.717) is 19.3 Å². The maximum atomic E-state index is 12.2. The molecule has 0 spiro atoms. The molecule has 1 fully saturated rings. The number of ether oxygens (including phenoxy) is 1. The van der Waals surface area contributed by atoms with Crippen LogP contribution in [0.15, 0.2) is 0 Å². The number of ketones is 1. The van der Waals surface area contributed by atoms with E-state index in [1.807, 2.05) is 0 Å². The lowest BCUT2D eigenvalue weighted by Gasteiger charge is -2.24. The van der Waals surface area contributed by atoms with Gasteiger partial charge in [-0.05, 0) is 19.3 Å². The second kappa shape index (κ2) is 6.65. The first kappa shape index (κ1) is 17.8. The predicted molar refractivity (Wildman–Crippen MR) is 58.2 cm³/mol. The Morgan fingerprint density at radius 2 is 1.71 bits per heavy atom. The Labute approximate surface area is 116 Å². The minimum atomic E-state index is -5.71. The van der Waals surface area contributed by atoms with E-state index in [-0.39, 0.29) is 12.2 Å². The summed E-state index contributed by atoms with van der Waals surface area (Å²) in [6.45, 7) is 0. The average Bonchev–Trinajstić information content (AvgIpc) is 2.32. The number of rotatable bonds is 4. The van der Waals surface area contributed by atoms with Crippen molar-refractivity contribution < 1.29 is 40.7 Å². The van der Waals surface area contributed by atoms with Crippen LogP contribution in [0.1, 0.15) is 38.5 Å². The van der Waals surface area contributed by atoms with Gasteiger partial charge in [0, 0.05) is 18.8 Å². The molecule has 0 saturated heterocycles. The van der Waals surface area contributed by atoms with Crippen molar-refractivity contribution in [2.24, 2.45) is 5.92 Å². The van der Waals surface area contributed by atoms with E-state index in [4.69, 9.17) is 0 Å². The van der Waals surface area contributed by atoms with Crippen LogP contribution in [-0.4, -0.2) is 30.2 Å². The molecule has 0 aliphatic heterocycles. The molecule has 0 N–H and O–H groups in total. The fourth-order valence-electron chi connectivity index (χ4n) is 2.16. The number of carbonyl (C=O) groups excluding carboxylic acids is 2. The Balaban J connectivity index is 2.53. The molecule has 0 aromatic carbocycles. The van der Waals surface area contributed by atoms with Crippen LogP contribution in [0.25, 0.3) is 0 Å². The first-order valence-electron chi connectivity index (χ1n) is 6.37. The summed E-state index contributed by atoms with van der Waals surface area (Å²) in [4.78, 5) is 22.6. The maximum absolute atomic E-state index is 12.2. The van der Waals surface area contributed by atoms with Crippen molar-refractivity contribution in [1.29, 1.82) is 0 Å². The van der Waals surface area contributed by atoms with Crippen molar-refractivity contribution in [3.63, 3.8) is 0 Å². The standard InChI is InChI=1S/C12H14F6O3/c13-11(14,15)10(12(16,17)18)21-9(20)6-5-7-3-1-2-4-8(7)19/h7,10H,1-6H2. The Bertz CT molecular complexity index is 373. The van der Waals surface area contributed by atoms with Gasteiger partial charge in [-0.1, -0.05) is 6.42 Å². The van der Waals surface area contributed by atoms with Crippen molar-refractivity contribution in [3.05, 3.63) is 0 Å². The predicted octanol–water partition coefficient (Wildman–Crippen LogP) is 3.56. The quantitative estimate of drug-likeness (QED) is 0.587. The number of alkyl halides is 6.